The second kappa shape index (κ2) is 5.20. The van der Waals surface area contributed by atoms with E-state index in [1.54, 1.807) is 0 Å². The summed E-state index contributed by atoms with van der Waals surface area (Å²) in [4.78, 5) is 12.3. The first kappa shape index (κ1) is 12.5. The Bertz CT molecular complexity index is 488. The molecule has 1 N–H and O–H groups in total. The van der Waals surface area contributed by atoms with E-state index in [2.05, 4.69) is 24.4 Å². The molecule has 2 nitrogen and oxygen atoms in total. The molecule has 1 saturated carbocycles. The molecule has 19 heavy (non-hydrogen) atoms. The van der Waals surface area contributed by atoms with E-state index in [-0.39, 0.29) is 11.8 Å². The Balaban J connectivity index is 1.64. The minimum Gasteiger partial charge on any atom is -0.326 e. The highest BCUT2D eigenvalue weighted by atomic mass is 16.2. The number of amides is 1. The van der Waals surface area contributed by atoms with Gasteiger partial charge in [-0.3, -0.25) is 4.79 Å². The molecule has 0 heterocycles. The first-order valence-electron chi connectivity index (χ1n) is 7.30. The number of rotatable bonds is 2. The van der Waals surface area contributed by atoms with E-state index in [1.807, 2.05) is 24.3 Å². The van der Waals surface area contributed by atoms with Gasteiger partial charge in [0.25, 0.3) is 0 Å². The molecule has 1 amide bonds. The van der Waals surface area contributed by atoms with Crippen molar-refractivity contribution in [2.75, 3.05) is 5.32 Å². The van der Waals surface area contributed by atoms with Crippen LogP contribution in [0.15, 0.2) is 36.4 Å². The van der Waals surface area contributed by atoms with Gasteiger partial charge in [0.2, 0.25) is 5.91 Å². The van der Waals surface area contributed by atoms with E-state index in [9.17, 15) is 4.79 Å². The number of hydrogen-bond donors (Lipinski definition) is 1. The lowest BCUT2D eigenvalue weighted by molar-refractivity contribution is -0.117. The van der Waals surface area contributed by atoms with Gasteiger partial charge in [-0.1, -0.05) is 36.3 Å². The fraction of sp³-hybridized carbons (Fsp3) is 0.471. The van der Waals surface area contributed by atoms with E-state index in [0.717, 1.165) is 5.69 Å². The third-order valence-electron chi connectivity index (χ3n) is 4.37. The molecule has 2 aliphatic rings. The molecular weight excluding hydrogens is 234 g/mol. The van der Waals surface area contributed by atoms with E-state index < -0.39 is 0 Å². The second-order valence-corrected chi connectivity index (χ2v) is 5.83. The summed E-state index contributed by atoms with van der Waals surface area (Å²) in [6, 6.07) is 8.03. The average Bonchev–Trinajstić information content (AvgIpc) is 3.03. The number of carbonyl (C=O) groups is 1. The quantitative estimate of drug-likeness (QED) is 0.797. The maximum atomic E-state index is 12.3. The number of aryl methyl sites for hydroxylation is 1. The lowest BCUT2D eigenvalue weighted by Crippen LogP contribution is -2.15. The summed E-state index contributed by atoms with van der Waals surface area (Å²) >= 11 is 0. The third-order valence-corrected chi connectivity index (χ3v) is 4.37. The van der Waals surface area contributed by atoms with Crippen LogP contribution in [0, 0.1) is 24.7 Å². The van der Waals surface area contributed by atoms with Gasteiger partial charge >= 0.3 is 0 Å². The van der Waals surface area contributed by atoms with Crippen LogP contribution in [0.2, 0.25) is 0 Å². The molecular formula is C17H21NO. The Hall–Kier alpha value is -1.57. The van der Waals surface area contributed by atoms with Gasteiger partial charge in [0, 0.05) is 11.6 Å². The number of nitrogens with one attached hydrogen (secondary N) is 1. The molecule has 2 aliphatic carbocycles. The molecule has 1 aromatic carbocycles. The van der Waals surface area contributed by atoms with Gasteiger partial charge in [-0.15, -0.1) is 0 Å². The van der Waals surface area contributed by atoms with Crippen LogP contribution in [0.5, 0.6) is 0 Å². The van der Waals surface area contributed by atoms with Gasteiger partial charge in [0.15, 0.2) is 0 Å². The Kier molecular flexibility index (Phi) is 3.41. The molecule has 2 heteroatoms. The first-order valence-corrected chi connectivity index (χ1v) is 7.30. The van der Waals surface area contributed by atoms with Gasteiger partial charge in [-0.05, 0) is 50.2 Å². The molecule has 0 unspecified atom stereocenters. The molecule has 1 aromatic rings. The monoisotopic (exact) mass is 255 g/mol. The van der Waals surface area contributed by atoms with Gasteiger partial charge in [0.05, 0.1) is 0 Å². The standard InChI is InChI=1S/C17H21NO/c1-12-8-10-13(11-9-12)18-17(19)16-14-6-4-2-3-5-7-15(14)16/h4,6,8-11,14-16H,2-3,5,7H2,1H3,(H,18,19)/b6-4-/t14-,15-,16+/m0/s1. The molecule has 0 aromatic heterocycles. The van der Waals surface area contributed by atoms with Crippen molar-refractivity contribution in [3.63, 3.8) is 0 Å². The molecule has 3 atom stereocenters. The van der Waals surface area contributed by atoms with Gasteiger partial charge in [0.1, 0.15) is 0 Å². The van der Waals surface area contributed by atoms with E-state index in [4.69, 9.17) is 0 Å². The van der Waals surface area contributed by atoms with Gasteiger partial charge < -0.3 is 5.32 Å². The molecule has 0 spiro atoms. The van der Waals surface area contributed by atoms with E-state index in [1.165, 1.54) is 31.2 Å². The van der Waals surface area contributed by atoms with Crippen LogP contribution in [0.3, 0.4) is 0 Å². The summed E-state index contributed by atoms with van der Waals surface area (Å²) < 4.78 is 0. The van der Waals surface area contributed by atoms with Crippen LogP contribution in [0.25, 0.3) is 0 Å². The van der Waals surface area contributed by atoms with Crippen LogP contribution < -0.4 is 5.32 Å². The van der Waals surface area contributed by atoms with Crippen molar-refractivity contribution >= 4 is 11.6 Å². The second-order valence-electron chi connectivity index (χ2n) is 5.83. The Morgan fingerprint density at radius 3 is 2.79 bits per heavy atom. The molecule has 0 bridgehead atoms. The zero-order valence-electron chi connectivity index (χ0n) is 11.4. The number of allylic oxidation sites excluding steroid dienone is 2. The lowest BCUT2D eigenvalue weighted by Gasteiger charge is -2.05. The largest absolute Gasteiger partial charge is 0.326 e. The SMILES string of the molecule is Cc1ccc(NC(=O)[C@@H]2[C@H]3/C=C\CCCC[C@@H]32)cc1. The molecule has 1 fully saturated rings. The van der Waals surface area contributed by atoms with Crippen molar-refractivity contribution in [2.24, 2.45) is 17.8 Å². The number of anilines is 1. The van der Waals surface area contributed by atoms with Crippen molar-refractivity contribution in [1.29, 1.82) is 0 Å². The predicted octanol–water partition coefficient (Wildman–Crippen LogP) is 3.93. The van der Waals surface area contributed by atoms with Gasteiger partial charge in [-0.25, -0.2) is 0 Å². The molecule has 0 radical (unpaired) electrons. The smallest absolute Gasteiger partial charge is 0.228 e. The lowest BCUT2D eigenvalue weighted by atomic mass is 10.1. The number of hydrogen-bond acceptors (Lipinski definition) is 1. The third kappa shape index (κ3) is 2.73. The average molecular weight is 255 g/mol. The van der Waals surface area contributed by atoms with Crippen LogP contribution in [0.4, 0.5) is 5.69 Å². The van der Waals surface area contributed by atoms with Crippen molar-refractivity contribution < 1.29 is 4.79 Å². The molecule has 0 aliphatic heterocycles. The van der Waals surface area contributed by atoms with Crippen molar-refractivity contribution in [2.45, 2.75) is 32.6 Å². The van der Waals surface area contributed by atoms with E-state index in [0.29, 0.717) is 11.8 Å². The summed E-state index contributed by atoms with van der Waals surface area (Å²) in [6.45, 7) is 2.05. The maximum Gasteiger partial charge on any atom is 0.228 e. The van der Waals surface area contributed by atoms with E-state index >= 15 is 0 Å². The van der Waals surface area contributed by atoms with Crippen LogP contribution >= 0.6 is 0 Å². The zero-order valence-corrected chi connectivity index (χ0v) is 11.4. The highest BCUT2D eigenvalue weighted by Gasteiger charge is 2.52. The van der Waals surface area contributed by atoms with Crippen molar-refractivity contribution in [3.05, 3.63) is 42.0 Å². The Morgan fingerprint density at radius 2 is 2.00 bits per heavy atom. The van der Waals surface area contributed by atoms with Crippen LogP contribution in [-0.4, -0.2) is 5.91 Å². The molecule has 3 rings (SSSR count). The highest BCUT2D eigenvalue weighted by molar-refractivity contribution is 5.95. The van der Waals surface area contributed by atoms with Crippen molar-refractivity contribution in [3.8, 4) is 0 Å². The molecule has 0 saturated heterocycles. The number of fused-ring (bicyclic) bond motifs is 1. The fourth-order valence-electron chi connectivity index (χ4n) is 3.16. The summed E-state index contributed by atoms with van der Waals surface area (Å²) in [5, 5.41) is 3.06. The number of benzene rings is 1. The normalized spacial score (nSPS) is 30.7. The number of carbonyl (C=O) groups excluding carboxylic acids is 1. The summed E-state index contributed by atoms with van der Waals surface area (Å²) in [5.41, 5.74) is 2.13. The fourth-order valence-corrected chi connectivity index (χ4v) is 3.16. The summed E-state index contributed by atoms with van der Waals surface area (Å²) in [7, 11) is 0. The predicted molar refractivity (Wildman–Crippen MR) is 77.9 cm³/mol. The summed E-state index contributed by atoms with van der Waals surface area (Å²) in [5.74, 6) is 1.48. The summed E-state index contributed by atoms with van der Waals surface area (Å²) in [6.07, 6.45) is 9.45. The highest BCUT2D eigenvalue weighted by Crippen LogP contribution is 2.51. The van der Waals surface area contributed by atoms with Crippen LogP contribution in [0.1, 0.15) is 31.2 Å². The van der Waals surface area contributed by atoms with Crippen LogP contribution in [-0.2, 0) is 4.79 Å². The zero-order chi connectivity index (χ0) is 13.2. The maximum absolute atomic E-state index is 12.3. The minimum absolute atomic E-state index is 0.199. The minimum atomic E-state index is 0.199. The topological polar surface area (TPSA) is 29.1 Å². The van der Waals surface area contributed by atoms with Gasteiger partial charge in [-0.2, -0.15) is 0 Å². The molecule has 100 valence electrons. The Morgan fingerprint density at radius 1 is 1.21 bits per heavy atom. The van der Waals surface area contributed by atoms with Crippen molar-refractivity contribution in [1.82, 2.24) is 0 Å². The first-order chi connectivity index (χ1) is 9.25. The Labute approximate surface area is 114 Å².